The zero-order valence-corrected chi connectivity index (χ0v) is 15.1. The summed E-state index contributed by atoms with van der Waals surface area (Å²) in [6.07, 6.45) is 4.79. The quantitative estimate of drug-likeness (QED) is 0.866. The Labute approximate surface area is 145 Å². The molecule has 0 fully saturated rings. The largest absolute Gasteiger partial charge is 0.467 e. The maximum atomic E-state index is 12.0. The minimum absolute atomic E-state index is 0.0492. The fourth-order valence-electron chi connectivity index (χ4n) is 3.10. The highest BCUT2D eigenvalue weighted by Gasteiger charge is 2.24. The lowest BCUT2D eigenvalue weighted by atomic mass is 9.89. The first-order valence-corrected chi connectivity index (χ1v) is 9.06. The van der Waals surface area contributed by atoms with E-state index in [2.05, 4.69) is 22.2 Å². The van der Waals surface area contributed by atoms with Gasteiger partial charge in [0.15, 0.2) is 6.61 Å². The molecule has 3 rings (SSSR count). The Balaban J connectivity index is 1.74. The minimum atomic E-state index is -0.177. The van der Waals surface area contributed by atoms with Crippen LogP contribution in [-0.2, 0) is 22.4 Å². The summed E-state index contributed by atoms with van der Waals surface area (Å²) in [5, 5.41) is 3.82. The van der Waals surface area contributed by atoms with Crippen LogP contribution in [0.25, 0.3) is 10.2 Å². The summed E-state index contributed by atoms with van der Waals surface area (Å²) >= 11 is 1.72. The highest BCUT2D eigenvalue weighted by Crippen LogP contribution is 2.40. The maximum Gasteiger partial charge on any atom is 0.258 e. The number of rotatable bonds is 6. The number of fused-ring (bicyclic) bond motifs is 3. The second-order valence-electron chi connectivity index (χ2n) is 6.42. The van der Waals surface area contributed by atoms with Gasteiger partial charge in [-0.1, -0.05) is 6.92 Å². The van der Waals surface area contributed by atoms with Gasteiger partial charge in [0.1, 0.15) is 11.2 Å². The number of hydrogen-bond acceptors (Lipinski definition) is 6. The summed E-state index contributed by atoms with van der Waals surface area (Å²) in [6.45, 7) is 4.59. The maximum absolute atomic E-state index is 12.0. The minimum Gasteiger partial charge on any atom is -0.467 e. The molecule has 0 saturated carbocycles. The molecule has 0 aliphatic heterocycles. The molecule has 2 heterocycles. The molecule has 2 aromatic heterocycles. The van der Waals surface area contributed by atoms with Crippen molar-refractivity contribution in [3.8, 4) is 5.88 Å². The van der Waals surface area contributed by atoms with Crippen molar-refractivity contribution in [3.63, 3.8) is 0 Å². The van der Waals surface area contributed by atoms with Crippen LogP contribution in [0.3, 0.4) is 0 Å². The molecule has 1 N–H and O–H groups in total. The molecule has 1 aliphatic rings. The van der Waals surface area contributed by atoms with Crippen molar-refractivity contribution in [2.45, 2.75) is 39.2 Å². The molecule has 1 amide bonds. The average Bonchev–Trinajstić information content (AvgIpc) is 2.90. The summed E-state index contributed by atoms with van der Waals surface area (Å²) in [5.74, 6) is 1.04. The van der Waals surface area contributed by atoms with Gasteiger partial charge in [-0.15, -0.1) is 11.3 Å². The summed E-state index contributed by atoms with van der Waals surface area (Å²) < 4.78 is 10.7. The highest BCUT2D eigenvalue weighted by molar-refractivity contribution is 7.18. The molecule has 0 spiro atoms. The molecule has 2 aromatic rings. The summed E-state index contributed by atoms with van der Waals surface area (Å²) in [4.78, 5) is 23.0. The van der Waals surface area contributed by atoms with Crippen molar-refractivity contribution in [1.82, 2.24) is 15.3 Å². The van der Waals surface area contributed by atoms with E-state index < -0.39 is 0 Å². The first-order chi connectivity index (χ1) is 11.6. The zero-order chi connectivity index (χ0) is 17.1. The van der Waals surface area contributed by atoms with E-state index >= 15 is 0 Å². The molecule has 7 heteroatoms. The Morgan fingerprint density at radius 3 is 3.12 bits per heavy atom. The van der Waals surface area contributed by atoms with E-state index in [1.165, 1.54) is 23.2 Å². The van der Waals surface area contributed by atoms with Crippen molar-refractivity contribution in [3.05, 3.63) is 16.8 Å². The molecule has 0 bridgehead atoms. The van der Waals surface area contributed by atoms with E-state index in [4.69, 9.17) is 9.47 Å². The van der Waals surface area contributed by atoms with Gasteiger partial charge < -0.3 is 14.8 Å². The molecule has 1 aliphatic carbocycles. The highest BCUT2D eigenvalue weighted by atomic mass is 32.1. The molecule has 0 saturated heterocycles. The average molecular weight is 349 g/mol. The van der Waals surface area contributed by atoms with Gasteiger partial charge in [-0.3, -0.25) is 4.79 Å². The number of nitrogens with one attached hydrogen (secondary N) is 1. The van der Waals surface area contributed by atoms with Crippen LogP contribution in [0, 0.1) is 5.92 Å². The summed E-state index contributed by atoms with van der Waals surface area (Å²) in [5.41, 5.74) is 1.30. The van der Waals surface area contributed by atoms with E-state index in [-0.39, 0.29) is 18.6 Å². The van der Waals surface area contributed by atoms with Crippen LogP contribution < -0.4 is 10.1 Å². The predicted molar refractivity (Wildman–Crippen MR) is 93.6 cm³/mol. The Morgan fingerprint density at radius 1 is 1.50 bits per heavy atom. The Bertz CT molecular complexity index is 731. The van der Waals surface area contributed by atoms with Gasteiger partial charge in [0.05, 0.1) is 12.0 Å². The third-order valence-corrected chi connectivity index (χ3v) is 5.38. The lowest BCUT2D eigenvalue weighted by molar-refractivity contribution is -0.124. The van der Waals surface area contributed by atoms with Crippen LogP contribution in [0.15, 0.2) is 6.33 Å². The van der Waals surface area contributed by atoms with Gasteiger partial charge in [-0.25, -0.2) is 9.97 Å². The number of methoxy groups -OCH3 is 1. The van der Waals surface area contributed by atoms with Crippen LogP contribution in [0.5, 0.6) is 5.88 Å². The molecule has 0 radical (unpaired) electrons. The number of thiophene rings is 1. The molecule has 0 aromatic carbocycles. The molecule has 24 heavy (non-hydrogen) atoms. The third kappa shape index (κ3) is 3.67. The first kappa shape index (κ1) is 17.1. The zero-order valence-electron chi connectivity index (χ0n) is 14.3. The second kappa shape index (κ2) is 7.44. The topological polar surface area (TPSA) is 73.3 Å². The Kier molecular flexibility index (Phi) is 5.30. The van der Waals surface area contributed by atoms with Gasteiger partial charge in [0, 0.05) is 18.0 Å². The molecule has 6 nitrogen and oxygen atoms in total. The number of aryl methyl sites for hydroxylation is 1. The number of carbonyl (C=O) groups excluding carboxylic acids is 1. The Morgan fingerprint density at radius 2 is 2.33 bits per heavy atom. The molecule has 0 unspecified atom stereocenters. The van der Waals surface area contributed by atoms with Crippen molar-refractivity contribution in [2.75, 3.05) is 20.3 Å². The number of aromatic nitrogens is 2. The smallest absolute Gasteiger partial charge is 0.258 e. The normalized spacial score (nSPS) is 18.2. The first-order valence-electron chi connectivity index (χ1n) is 8.24. The van der Waals surface area contributed by atoms with Crippen LogP contribution in [0.1, 0.15) is 30.7 Å². The van der Waals surface area contributed by atoms with E-state index in [1.54, 1.807) is 18.4 Å². The van der Waals surface area contributed by atoms with Crippen LogP contribution >= 0.6 is 11.3 Å². The molecular weight excluding hydrogens is 326 g/mol. The van der Waals surface area contributed by atoms with Gasteiger partial charge in [0.2, 0.25) is 5.88 Å². The summed E-state index contributed by atoms with van der Waals surface area (Å²) in [7, 11) is 1.61. The lowest BCUT2D eigenvalue weighted by Crippen LogP contribution is -2.38. The Hall–Kier alpha value is -1.73. The number of hydrogen-bond donors (Lipinski definition) is 1. The van der Waals surface area contributed by atoms with Crippen LogP contribution in [0.4, 0.5) is 0 Å². The third-order valence-electron chi connectivity index (χ3n) is 4.22. The number of ether oxygens (including phenoxy) is 2. The number of carbonyl (C=O) groups is 1. The SMILES string of the molecule is COC[C@@H](C)NC(=O)COc1ncnc2sc3c(c12)CC[C@H](C)C3. The lowest BCUT2D eigenvalue weighted by Gasteiger charge is -2.18. The fraction of sp³-hybridized carbons (Fsp3) is 0.588. The van der Waals surface area contributed by atoms with E-state index in [1.807, 2.05) is 6.92 Å². The van der Waals surface area contributed by atoms with E-state index in [0.29, 0.717) is 18.4 Å². The van der Waals surface area contributed by atoms with Crippen LogP contribution in [0.2, 0.25) is 0 Å². The van der Waals surface area contributed by atoms with Gasteiger partial charge in [-0.05, 0) is 37.7 Å². The van der Waals surface area contributed by atoms with Crippen molar-refractivity contribution in [2.24, 2.45) is 5.92 Å². The fourth-order valence-corrected chi connectivity index (χ4v) is 4.44. The monoisotopic (exact) mass is 349 g/mol. The van der Waals surface area contributed by atoms with Crippen molar-refractivity contribution < 1.29 is 14.3 Å². The number of nitrogens with zero attached hydrogens (tertiary/aromatic N) is 2. The summed E-state index contributed by atoms with van der Waals surface area (Å²) in [6, 6.07) is -0.0492. The molecule has 130 valence electrons. The predicted octanol–water partition coefficient (Wildman–Crippen LogP) is 2.35. The van der Waals surface area contributed by atoms with Crippen molar-refractivity contribution >= 4 is 27.5 Å². The van der Waals surface area contributed by atoms with Gasteiger partial charge in [-0.2, -0.15) is 0 Å². The molecular formula is C17H23N3O3S. The van der Waals surface area contributed by atoms with Gasteiger partial charge in [0.25, 0.3) is 5.91 Å². The standard InChI is InChI=1S/C17H23N3O3S/c1-10-4-5-12-13(6-10)24-17-15(12)16(18-9-19-17)23-8-14(21)20-11(2)7-22-3/h9-11H,4-8H2,1-3H3,(H,20,21)/t10-,11+/m0/s1. The van der Waals surface area contributed by atoms with Gasteiger partial charge >= 0.3 is 0 Å². The van der Waals surface area contributed by atoms with E-state index in [0.717, 1.165) is 23.1 Å². The number of amides is 1. The van der Waals surface area contributed by atoms with E-state index in [9.17, 15) is 4.79 Å². The van der Waals surface area contributed by atoms with Crippen LogP contribution in [-0.4, -0.2) is 42.2 Å². The second-order valence-corrected chi connectivity index (χ2v) is 7.51. The van der Waals surface area contributed by atoms with Crippen molar-refractivity contribution in [1.29, 1.82) is 0 Å². The molecule has 2 atom stereocenters.